The van der Waals surface area contributed by atoms with Gasteiger partial charge in [-0.2, -0.15) is 5.10 Å². The van der Waals surface area contributed by atoms with Crippen LogP contribution in [-0.2, 0) is 9.53 Å². The summed E-state index contributed by atoms with van der Waals surface area (Å²) in [6, 6.07) is 14.9. The molecule has 0 bridgehead atoms. The van der Waals surface area contributed by atoms with Crippen molar-refractivity contribution in [2.75, 3.05) is 19.7 Å². The maximum atomic E-state index is 13.4. The molecule has 3 aromatic rings. The zero-order chi connectivity index (χ0) is 22.2. The summed E-state index contributed by atoms with van der Waals surface area (Å²) >= 11 is 0. The third-order valence-electron chi connectivity index (χ3n) is 4.45. The van der Waals surface area contributed by atoms with Crippen LogP contribution in [0.4, 0.5) is 4.39 Å². The number of carbonyl (C=O) groups excluding carboxylic acids is 2. The lowest BCUT2D eigenvalue weighted by Gasteiger charge is -2.18. The third-order valence-corrected chi connectivity index (χ3v) is 4.45. The lowest BCUT2D eigenvalue weighted by Crippen LogP contribution is -2.35. The van der Waals surface area contributed by atoms with Gasteiger partial charge in [0.25, 0.3) is 5.91 Å². The zero-order valence-corrected chi connectivity index (χ0v) is 16.9. The van der Waals surface area contributed by atoms with Crippen LogP contribution in [0.5, 0.6) is 0 Å². The highest BCUT2D eigenvalue weighted by Crippen LogP contribution is 2.25. The molecular weight excluding hydrogens is 397 g/mol. The van der Waals surface area contributed by atoms with Gasteiger partial charge in [-0.05, 0) is 36.4 Å². The number of aromatic nitrogens is 2. The number of benzene rings is 2. The van der Waals surface area contributed by atoms with Crippen molar-refractivity contribution in [3.05, 3.63) is 97.5 Å². The quantitative estimate of drug-likeness (QED) is 0.388. The van der Waals surface area contributed by atoms with E-state index in [1.165, 1.54) is 35.4 Å². The minimum absolute atomic E-state index is 0.169. The van der Waals surface area contributed by atoms with Crippen molar-refractivity contribution in [2.45, 2.75) is 0 Å². The van der Waals surface area contributed by atoms with Crippen LogP contribution in [0.3, 0.4) is 0 Å². The lowest BCUT2D eigenvalue weighted by atomic mass is 10.1. The van der Waals surface area contributed by atoms with Gasteiger partial charge < -0.3 is 9.64 Å². The van der Waals surface area contributed by atoms with Crippen molar-refractivity contribution >= 4 is 11.9 Å². The second kappa shape index (κ2) is 10.2. The van der Waals surface area contributed by atoms with Gasteiger partial charge in [-0.1, -0.05) is 30.4 Å². The number of halogens is 1. The van der Waals surface area contributed by atoms with Crippen molar-refractivity contribution in [3.63, 3.8) is 0 Å². The second-order valence-corrected chi connectivity index (χ2v) is 6.63. The fourth-order valence-electron chi connectivity index (χ4n) is 2.94. The maximum absolute atomic E-state index is 13.4. The molecule has 0 N–H and O–H groups in total. The van der Waals surface area contributed by atoms with Crippen LogP contribution in [0.15, 0.2) is 86.1 Å². The van der Waals surface area contributed by atoms with Crippen molar-refractivity contribution < 1.29 is 18.7 Å². The first-order valence-electron chi connectivity index (χ1n) is 9.61. The molecule has 0 saturated heterocycles. The highest BCUT2D eigenvalue weighted by atomic mass is 19.1. The Morgan fingerprint density at radius 1 is 1.03 bits per heavy atom. The first-order chi connectivity index (χ1) is 15.0. The monoisotopic (exact) mass is 419 g/mol. The summed E-state index contributed by atoms with van der Waals surface area (Å²) in [6.45, 7) is 7.43. The van der Waals surface area contributed by atoms with Crippen LogP contribution in [0.25, 0.3) is 16.9 Å². The highest BCUT2D eigenvalue weighted by molar-refractivity contribution is 5.97. The molecule has 0 aliphatic rings. The van der Waals surface area contributed by atoms with E-state index in [0.717, 1.165) is 5.69 Å². The zero-order valence-electron chi connectivity index (χ0n) is 16.9. The van der Waals surface area contributed by atoms with Gasteiger partial charge in [-0.15, -0.1) is 13.2 Å². The number of para-hydroxylation sites is 1. The van der Waals surface area contributed by atoms with Crippen molar-refractivity contribution in [3.8, 4) is 16.9 Å². The van der Waals surface area contributed by atoms with Crippen LogP contribution in [-0.4, -0.2) is 46.3 Å². The smallest absolute Gasteiger partial charge is 0.342 e. The Kier molecular flexibility index (Phi) is 7.11. The maximum Gasteiger partial charge on any atom is 0.342 e. The molecule has 7 heteroatoms. The Hall–Kier alpha value is -4.00. The van der Waals surface area contributed by atoms with Crippen LogP contribution in [0.2, 0.25) is 0 Å². The number of hydrogen-bond donors (Lipinski definition) is 0. The number of rotatable bonds is 9. The average molecular weight is 419 g/mol. The van der Waals surface area contributed by atoms with Gasteiger partial charge in [0.15, 0.2) is 6.61 Å². The minimum atomic E-state index is -0.702. The molecule has 6 nitrogen and oxygen atoms in total. The first-order valence-corrected chi connectivity index (χ1v) is 9.61. The molecule has 0 atom stereocenters. The normalized spacial score (nSPS) is 10.4. The van der Waals surface area contributed by atoms with E-state index in [2.05, 4.69) is 18.3 Å². The van der Waals surface area contributed by atoms with Gasteiger partial charge in [0.05, 0.1) is 5.69 Å². The van der Waals surface area contributed by atoms with Gasteiger partial charge in [0.1, 0.15) is 17.1 Å². The lowest BCUT2D eigenvalue weighted by molar-refractivity contribution is -0.133. The molecule has 1 heterocycles. The highest BCUT2D eigenvalue weighted by Gasteiger charge is 2.22. The summed E-state index contributed by atoms with van der Waals surface area (Å²) in [7, 11) is 0. The molecule has 1 aromatic heterocycles. The van der Waals surface area contributed by atoms with Crippen LogP contribution < -0.4 is 0 Å². The molecule has 0 aliphatic carbocycles. The van der Waals surface area contributed by atoms with E-state index in [1.54, 1.807) is 16.8 Å². The van der Waals surface area contributed by atoms with Gasteiger partial charge in [-0.25, -0.2) is 13.9 Å². The van der Waals surface area contributed by atoms with Crippen molar-refractivity contribution in [2.24, 2.45) is 0 Å². The van der Waals surface area contributed by atoms with E-state index in [1.807, 2.05) is 30.3 Å². The molecule has 158 valence electrons. The number of amides is 1. The number of hydrogen-bond acceptors (Lipinski definition) is 4. The van der Waals surface area contributed by atoms with E-state index in [0.29, 0.717) is 24.3 Å². The van der Waals surface area contributed by atoms with Crippen LogP contribution >= 0.6 is 0 Å². The summed E-state index contributed by atoms with van der Waals surface area (Å²) in [5, 5.41) is 4.49. The summed E-state index contributed by atoms with van der Waals surface area (Å²) in [4.78, 5) is 26.7. The predicted octanol–water partition coefficient (Wildman–Crippen LogP) is 4.04. The van der Waals surface area contributed by atoms with Crippen molar-refractivity contribution in [1.29, 1.82) is 0 Å². The van der Waals surface area contributed by atoms with Gasteiger partial charge in [0.2, 0.25) is 0 Å². The summed E-state index contributed by atoms with van der Waals surface area (Å²) in [5.41, 5.74) is 1.79. The fraction of sp³-hybridized carbons (Fsp3) is 0.125. The molecule has 1 amide bonds. The second-order valence-electron chi connectivity index (χ2n) is 6.63. The van der Waals surface area contributed by atoms with E-state index in [4.69, 9.17) is 4.74 Å². The Balaban J connectivity index is 1.87. The topological polar surface area (TPSA) is 64.4 Å². The molecule has 31 heavy (non-hydrogen) atoms. The average Bonchev–Trinajstić information content (AvgIpc) is 3.24. The summed E-state index contributed by atoms with van der Waals surface area (Å²) in [5.74, 6) is -1.47. The SMILES string of the molecule is C=CCN(CC=C)C(=O)COC(=O)c1cn(-c2ccccc2)nc1-c1ccc(F)cc1. The molecule has 3 rings (SSSR count). The standard InChI is InChI=1S/C24H22FN3O3/c1-3-14-27(15-4-2)22(29)17-31-24(30)21-16-28(20-8-6-5-7-9-20)26-23(21)18-10-12-19(25)13-11-18/h3-13,16H,1-2,14-15,17H2. The van der Waals surface area contributed by atoms with Crippen LogP contribution in [0.1, 0.15) is 10.4 Å². The van der Waals surface area contributed by atoms with Crippen molar-refractivity contribution in [1.82, 2.24) is 14.7 Å². The first kappa shape index (κ1) is 21.7. The Morgan fingerprint density at radius 3 is 2.29 bits per heavy atom. The third kappa shape index (κ3) is 5.33. The van der Waals surface area contributed by atoms with E-state index >= 15 is 0 Å². The molecule has 0 aliphatic heterocycles. The predicted molar refractivity (Wildman–Crippen MR) is 116 cm³/mol. The van der Waals surface area contributed by atoms with E-state index in [-0.39, 0.29) is 11.5 Å². The molecule has 0 fully saturated rings. The molecular formula is C24H22FN3O3. The van der Waals surface area contributed by atoms with Gasteiger partial charge in [-0.3, -0.25) is 4.79 Å². The molecule has 2 aromatic carbocycles. The molecule has 0 unspecified atom stereocenters. The van der Waals surface area contributed by atoms with Gasteiger partial charge in [0, 0.05) is 24.8 Å². The molecule has 0 saturated carbocycles. The minimum Gasteiger partial charge on any atom is -0.452 e. The number of ether oxygens (including phenoxy) is 1. The number of esters is 1. The fourth-order valence-corrected chi connectivity index (χ4v) is 2.94. The van der Waals surface area contributed by atoms with E-state index in [9.17, 15) is 14.0 Å². The molecule has 0 spiro atoms. The van der Waals surface area contributed by atoms with E-state index < -0.39 is 18.4 Å². The Bertz CT molecular complexity index is 1070. The number of carbonyl (C=O) groups is 2. The Labute approximate surface area is 179 Å². The Morgan fingerprint density at radius 2 is 1.68 bits per heavy atom. The summed E-state index contributed by atoms with van der Waals surface area (Å²) in [6.07, 6.45) is 4.70. The van der Waals surface area contributed by atoms with Gasteiger partial charge >= 0.3 is 5.97 Å². The van der Waals surface area contributed by atoms with Crippen LogP contribution in [0, 0.1) is 5.82 Å². The molecule has 0 radical (unpaired) electrons. The largest absolute Gasteiger partial charge is 0.452 e. The number of nitrogens with zero attached hydrogens (tertiary/aromatic N) is 3. The summed E-state index contributed by atoms with van der Waals surface area (Å²) < 4.78 is 20.2.